The molecule has 1 aromatic carbocycles. The molecule has 1 atom stereocenters. The van der Waals surface area contributed by atoms with Gasteiger partial charge in [-0.1, -0.05) is 41.9 Å². The van der Waals surface area contributed by atoms with Gasteiger partial charge in [0.05, 0.1) is 0 Å². The number of aromatic nitrogens is 2. The zero-order chi connectivity index (χ0) is 12.1. The van der Waals surface area contributed by atoms with Crippen LogP contribution in [0.1, 0.15) is 12.5 Å². The predicted octanol–water partition coefficient (Wildman–Crippen LogP) is 3.17. The summed E-state index contributed by atoms with van der Waals surface area (Å²) in [6.45, 7) is 2.11. The molecule has 17 heavy (non-hydrogen) atoms. The molecule has 2 aromatic rings. The van der Waals surface area contributed by atoms with E-state index in [9.17, 15) is 0 Å². The monoisotopic (exact) mass is 247 g/mol. The lowest BCUT2D eigenvalue weighted by molar-refractivity contribution is 0.779. The molecule has 0 aliphatic carbocycles. The summed E-state index contributed by atoms with van der Waals surface area (Å²) in [6, 6.07) is 14.2. The van der Waals surface area contributed by atoms with Crippen LogP contribution < -0.4 is 5.32 Å². The van der Waals surface area contributed by atoms with Crippen LogP contribution in [0.2, 0.25) is 5.15 Å². The van der Waals surface area contributed by atoms with E-state index < -0.39 is 0 Å². The predicted molar refractivity (Wildman–Crippen MR) is 70.3 cm³/mol. The Morgan fingerprint density at radius 2 is 1.88 bits per heavy atom. The topological polar surface area (TPSA) is 37.8 Å². The summed E-state index contributed by atoms with van der Waals surface area (Å²) in [6.07, 6.45) is 0.950. The molecule has 2 rings (SSSR count). The van der Waals surface area contributed by atoms with E-state index in [1.165, 1.54) is 5.56 Å². The second kappa shape index (κ2) is 5.64. The van der Waals surface area contributed by atoms with Crippen LogP contribution in [0.4, 0.5) is 5.82 Å². The number of anilines is 1. The quantitative estimate of drug-likeness (QED) is 0.902. The van der Waals surface area contributed by atoms with Gasteiger partial charge in [0.15, 0.2) is 5.15 Å². The molecule has 4 heteroatoms. The van der Waals surface area contributed by atoms with E-state index in [1.54, 1.807) is 6.07 Å². The summed E-state index contributed by atoms with van der Waals surface area (Å²) in [5.41, 5.74) is 1.30. The first kappa shape index (κ1) is 11.9. The lowest BCUT2D eigenvalue weighted by atomic mass is 10.1. The number of benzene rings is 1. The average Bonchev–Trinajstić information content (AvgIpc) is 2.33. The Balaban J connectivity index is 1.93. The summed E-state index contributed by atoms with van der Waals surface area (Å²) in [5.74, 6) is 0.748. The molecule has 0 radical (unpaired) electrons. The van der Waals surface area contributed by atoms with Gasteiger partial charge in [-0.2, -0.15) is 0 Å². The molecule has 0 saturated heterocycles. The Kier molecular flexibility index (Phi) is 3.94. The third-order valence-electron chi connectivity index (χ3n) is 2.41. The summed E-state index contributed by atoms with van der Waals surface area (Å²) in [5, 5.41) is 11.5. The highest BCUT2D eigenvalue weighted by Gasteiger charge is 2.04. The summed E-state index contributed by atoms with van der Waals surface area (Å²) in [7, 11) is 0. The van der Waals surface area contributed by atoms with E-state index in [2.05, 4.69) is 34.6 Å². The Labute approximate surface area is 106 Å². The van der Waals surface area contributed by atoms with Gasteiger partial charge >= 0.3 is 0 Å². The third-order valence-corrected chi connectivity index (χ3v) is 2.61. The highest BCUT2D eigenvalue weighted by molar-refractivity contribution is 6.29. The van der Waals surface area contributed by atoms with Crippen LogP contribution in [0, 0.1) is 0 Å². The van der Waals surface area contributed by atoms with Crippen LogP contribution in [0.3, 0.4) is 0 Å². The Morgan fingerprint density at radius 1 is 1.12 bits per heavy atom. The number of rotatable bonds is 4. The zero-order valence-corrected chi connectivity index (χ0v) is 10.4. The van der Waals surface area contributed by atoms with E-state index in [0.29, 0.717) is 11.2 Å². The van der Waals surface area contributed by atoms with Gasteiger partial charge in [0, 0.05) is 6.04 Å². The molecule has 0 spiro atoms. The van der Waals surface area contributed by atoms with Gasteiger partial charge < -0.3 is 5.32 Å². The first-order valence-electron chi connectivity index (χ1n) is 5.54. The van der Waals surface area contributed by atoms with E-state index in [0.717, 1.165) is 12.2 Å². The highest BCUT2D eigenvalue weighted by Crippen LogP contribution is 2.10. The lowest BCUT2D eigenvalue weighted by Gasteiger charge is -2.13. The summed E-state index contributed by atoms with van der Waals surface area (Å²) < 4.78 is 0. The number of halogens is 1. The van der Waals surface area contributed by atoms with Gasteiger partial charge in [-0.15, -0.1) is 10.2 Å². The molecule has 1 unspecified atom stereocenters. The maximum absolute atomic E-state index is 5.68. The van der Waals surface area contributed by atoms with Crippen LogP contribution in [-0.2, 0) is 6.42 Å². The maximum Gasteiger partial charge on any atom is 0.151 e. The molecular weight excluding hydrogens is 234 g/mol. The first-order valence-corrected chi connectivity index (χ1v) is 5.91. The van der Waals surface area contributed by atoms with Crippen molar-refractivity contribution in [1.29, 1.82) is 0 Å². The molecule has 0 aliphatic rings. The van der Waals surface area contributed by atoms with Gasteiger partial charge in [0.2, 0.25) is 0 Å². The largest absolute Gasteiger partial charge is 0.366 e. The minimum absolute atomic E-state index is 0.299. The Morgan fingerprint density at radius 3 is 2.53 bits per heavy atom. The molecule has 0 fully saturated rings. The number of nitrogens with zero attached hydrogens (tertiary/aromatic N) is 2. The van der Waals surface area contributed by atoms with Crippen molar-refractivity contribution in [2.24, 2.45) is 0 Å². The minimum atomic E-state index is 0.299. The minimum Gasteiger partial charge on any atom is -0.366 e. The first-order chi connectivity index (χ1) is 8.24. The summed E-state index contributed by atoms with van der Waals surface area (Å²) in [4.78, 5) is 0. The fraction of sp³-hybridized carbons (Fsp3) is 0.231. The normalized spacial score (nSPS) is 12.1. The maximum atomic E-state index is 5.68. The molecule has 0 saturated carbocycles. The van der Waals surface area contributed by atoms with Gasteiger partial charge in [0.25, 0.3) is 0 Å². The molecule has 88 valence electrons. The van der Waals surface area contributed by atoms with Crippen molar-refractivity contribution in [2.75, 3.05) is 5.32 Å². The van der Waals surface area contributed by atoms with E-state index in [4.69, 9.17) is 11.6 Å². The van der Waals surface area contributed by atoms with Crippen LogP contribution in [0.5, 0.6) is 0 Å². The van der Waals surface area contributed by atoms with Gasteiger partial charge in [-0.3, -0.25) is 0 Å². The molecule has 0 aliphatic heterocycles. The van der Waals surface area contributed by atoms with Gasteiger partial charge in [-0.05, 0) is 31.0 Å². The summed E-state index contributed by atoms with van der Waals surface area (Å²) >= 11 is 5.68. The van der Waals surface area contributed by atoms with Crippen molar-refractivity contribution in [3.63, 3.8) is 0 Å². The molecule has 1 aromatic heterocycles. The van der Waals surface area contributed by atoms with E-state index >= 15 is 0 Å². The van der Waals surface area contributed by atoms with Crippen molar-refractivity contribution in [2.45, 2.75) is 19.4 Å². The molecular formula is C13H14ClN3. The van der Waals surface area contributed by atoms with Crippen molar-refractivity contribution < 1.29 is 0 Å². The van der Waals surface area contributed by atoms with Crippen LogP contribution in [0.15, 0.2) is 42.5 Å². The number of hydrogen-bond acceptors (Lipinski definition) is 3. The zero-order valence-electron chi connectivity index (χ0n) is 9.60. The SMILES string of the molecule is CC(Cc1ccccc1)Nc1ccc(Cl)nn1. The number of hydrogen-bond donors (Lipinski definition) is 1. The van der Waals surface area contributed by atoms with E-state index in [-0.39, 0.29) is 0 Å². The lowest BCUT2D eigenvalue weighted by Crippen LogP contribution is -2.19. The van der Waals surface area contributed by atoms with Crippen molar-refractivity contribution in [3.05, 3.63) is 53.2 Å². The third kappa shape index (κ3) is 3.71. The van der Waals surface area contributed by atoms with Crippen molar-refractivity contribution in [3.8, 4) is 0 Å². The molecule has 3 nitrogen and oxygen atoms in total. The molecule has 1 heterocycles. The Bertz CT molecular complexity index is 456. The molecule has 0 amide bonds. The van der Waals surface area contributed by atoms with Crippen LogP contribution >= 0.6 is 11.6 Å². The number of nitrogens with one attached hydrogen (secondary N) is 1. The van der Waals surface area contributed by atoms with E-state index in [1.807, 2.05) is 24.3 Å². The van der Waals surface area contributed by atoms with Crippen LogP contribution in [-0.4, -0.2) is 16.2 Å². The fourth-order valence-electron chi connectivity index (χ4n) is 1.66. The van der Waals surface area contributed by atoms with Crippen LogP contribution in [0.25, 0.3) is 0 Å². The van der Waals surface area contributed by atoms with Gasteiger partial charge in [0.1, 0.15) is 5.82 Å². The second-order valence-electron chi connectivity index (χ2n) is 3.98. The van der Waals surface area contributed by atoms with Gasteiger partial charge in [-0.25, -0.2) is 0 Å². The fourth-order valence-corrected chi connectivity index (χ4v) is 1.76. The van der Waals surface area contributed by atoms with Crippen molar-refractivity contribution >= 4 is 17.4 Å². The smallest absolute Gasteiger partial charge is 0.151 e. The Hall–Kier alpha value is -1.61. The molecule has 0 bridgehead atoms. The molecule has 1 N–H and O–H groups in total. The second-order valence-corrected chi connectivity index (χ2v) is 4.36. The van der Waals surface area contributed by atoms with Crippen molar-refractivity contribution in [1.82, 2.24) is 10.2 Å². The standard InChI is InChI=1S/C13H14ClN3/c1-10(9-11-5-3-2-4-6-11)15-13-8-7-12(14)16-17-13/h2-8,10H,9H2,1H3,(H,15,17). The average molecular weight is 248 g/mol. The highest BCUT2D eigenvalue weighted by atomic mass is 35.5.